The number of hydrogen-bond acceptors (Lipinski definition) is 4. The van der Waals surface area contributed by atoms with E-state index >= 15 is 0 Å². The first-order valence-electron chi connectivity index (χ1n) is 6.13. The molecule has 1 N–H and O–H groups in total. The molecular weight excluding hydrogens is 292 g/mol. The Labute approximate surface area is 126 Å². The fourth-order valence-corrected chi connectivity index (χ4v) is 1.96. The maximum Gasteiger partial charge on any atom is 0.337 e. The number of halogens is 1. The number of ether oxygens (including phenoxy) is 1. The van der Waals surface area contributed by atoms with Crippen LogP contribution < -0.4 is 5.32 Å². The lowest BCUT2D eigenvalue weighted by molar-refractivity contribution is 0.0600. The first kappa shape index (κ1) is 15.0. The van der Waals surface area contributed by atoms with E-state index in [9.17, 15) is 9.59 Å². The second kappa shape index (κ2) is 6.37. The number of amides is 1. The standard InChI is InChI=1S/C15H13ClN2O3/c1-9-7-11(15(20)21-2)3-4-12(9)18-14(19)10-5-6-17-13(16)8-10/h3-8H,1-2H3,(H,18,19). The molecule has 0 saturated heterocycles. The number of nitrogens with one attached hydrogen (secondary N) is 1. The third-order valence-electron chi connectivity index (χ3n) is 2.88. The maximum absolute atomic E-state index is 12.1. The highest BCUT2D eigenvalue weighted by Crippen LogP contribution is 2.18. The minimum atomic E-state index is -0.420. The fraction of sp³-hybridized carbons (Fsp3) is 0.133. The molecular formula is C15H13ClN2O3. The van der Waals surface area contributed by atoms with Crippen molar-refractivity contribution in [2.24, 2.45) is 0 Å². The van der Waals surface area contributed by atoms with Crippen LogP contribution in [0.2, 0.25) is 5.15 Å². The number of hydrogen-bond donors (Lipinski definition) is 1. The number of aryl methyl sites for hydroxylation is 1. The Morgan fingerprint density at radius 3 is 2.57 bits per heavy atom. The zero-order chi connectivity index (χ0) is 15.4. The van der Waals surface area contributed by atoms with Gasteiger partial charge in [-0.2, -0.15) is 0 Å². The van der Waals surface area contributed by atoms with Gasteiger partial charge in [0.25, 0.3) is 5.91 Å². The van der Waals surface area contributed by atoms with E-state index in [0.717, 1.165) is 5.56 Å². The summed E-state index contributed by atoms with van der Waals surface area (Å²) in [5, 5.41) is 3.01. The summed E-state index contributed by atoms with van der Waals surface area (Å²) in [5.41, 5.74) is 2.21. The van der Waals surface area contributed by atoms with Gasteiger partial charge in [-0.05, 0) is 42.8 Å². The molecule has 21 heavy (non-hydrogen) atoms. The highest BCUT2D eigenvalue weighted by atomic mass is 35.5. The zero-order valence-corrected chi connectivity index (χ0v) is 12.3. The van der Waals surface area contributed by atoms with Crippen LogP contribution >= 0.6 is 11.6 Å². The van der Waals surface area contributed by atoms with Crippen molar-refractivity contribution in [3.63, 3.8) is 0 Å². The summed E-state index contributed by atoms with van der Waals surface area (Å²) < 4.78 is 4.65. The molecule has 2 aromatic rings. The summed E-state index contributed by atoms with van der Waals surface area (Å²) in [7, 11) is 1.32. The van der Waals surface area contributed by atoms with Crippen molar-refractivity contribution >= 4 is 29.2 Å². The molecule has 0 bridgehead atoms. The van der Waals surface area contributed by atoms with Gasteiger partial charge in [-0.1, -0.05) is 11.6 Å². The first-order chi connectivity index (χ1) is 10.0. The lowest BCUT2D eigenvalue weighted by Crippen LogP contribution is -2.13. The van der Waals surface area contributed by atoms with Crippen LogP contribution in [0.5, 0.6) is 0 Å². The quantitative estimate of drug-likeness (QED) is 0.699. The number of rotatable bonds is 3. The third kappa shape index (κ3) is 3.58. The Bertz CT molecular complexity index is 701. The highest BCUT2D eigenvalue weighted by molar-refractivity contribution is 6.29. The fourth-order valence-electron chi connectivity index (χ4n) is 1.79. The van der Waals surface area contributed by atoms with Gasteiger partial charge in [-0.25, -0.2) is 9.78 Å². The van der Waals surface area contributed by atoms with E-state index < -0.39 is 5.97 Å². The normalized spacial score (nSPS) is 10.0. The van der Waals surface area contributed by atoms with Crippen molar-refractivity contribution in [3.8, 4) is 0 Å². The molecule has 0 aliphatic carbocycles. The molecule has 0 aliphatic heterocycles. The molecule has 0 saturated carbocycles. The van der Waals surface area contributed by atoms with Gasteiger partial charge >= 0.3 is 5.97 Å². The molecule has 1 amide bonds. The van der Waals surface area contributed by atoms with Gasteiger partial charge in [0, 0.05) is 17.4 Å². The van der Waals surface area contributed by atoms with Gasteiger partial charge in [0.15, 0.2) is 0 Å². The number of pyridine rings is 1. The van der Waals surface area contributed by atoms with Gasteiger partial charge in [-0.3, -0.25) is 4.79 Å². The largest absolute Gasteiger partial charge is 0.465 e. The van der Waals surface area contributed by atoms with Crippen molar-refractivity contribution in [2.45, 2.75) is 6.92 Å². The molecule has 0 spiro atoms. The molecule has 5 nitrogen and oxygen atoms in total. The summed E-state index contributed by atoms with van der Waals surface area (Å²) >= 11 is 5.75. The van der Waals surface area contributed by atoms with E-state index in [1.165, 1.54) is 19.4 Å². The minimum absolute atomic E-state index is 0.250. The van der Waals surface area contributed by atoms with E-state index in [1.807, 2.05) is 0 Å². The van der Waals surface area contributed by atoms with Crippen LogP contribution in [0.15, 0.2) is 36.5 Å². The average molecular weight is 305 g/mol. The van der Waals surface area contributed by atoms with Gasteiger partial charge < -0.3 is 10.1 Å². The van der Waals surface area contributed by atoms with Crippen molar-refractivity contribution < 1.29 is 14.3 Å². The second-order valence-electron chi connectivity index (χ2n) is 4.34. The van der Waals surface area contributed by atoms with Crippen LogP contribution in [0.3, 0.4) is 0 Å². The third-order valence-corrected chi connectivity index (χ3v) is 3.09. The zero-order valence-electron chi connectivity index (χ0n) is 11.5. The summed E-state index contributed by atoms with van der Waals surface area (Å²) in [4.78, 5) is 27.4. The topological polar surface area (TPSA) is 68.3 Å². The Morgan fingerprint density at radius 2 is 1.95 bits per heavy atom. The number of esters is 1. The van der Waals surface area contributed by atoms with E-state index in [2.05, 4.69) is 15.0 Å². The van der Waals surface area contributed by atoms with Gasteiger partial charge in [-0.15, -0.1) is 0 Å². The Morgan fingerprint density at radius 1 is 1.19 bits per heavy atom. The lowest BCUT2D eigenvalue weighted by Gasteiger charge is -2.09. The van der Waals surface area contributed by atoms with Crippen molar-refractivity contribution in [3.05, 3.63) is 58.4 Å². The molecule has 2 rings (SSSR count). The molecule has 1 aromatic heterocycles. The highest BCUT2D eigenvalue weighted by Gasteiger charge is 2.11. The predicted molar refractivity (Wildman–Crippen MR) is 79.7 cm³/mol. The second-order valence-corrected chi connectivity index (χ2v) is 4.73. The van der Waals surface area contributed by atoms with Crippen molar-refractivity contribution in [2.75, 3.05) is 12.4 Å². The maximum atomic E-state index is 12.1. The van der Waals surface area contributed by atoms with E-state index in [1.54, 1.807) is 31.2 Å². The van der Waals surface area contributed by atoms with Crippen molar-refractivity contribution in [1.82, 2.24) is 4.98 Å². The van der Waals surface area contributed by atoms with E-state index in [-0.39, 0.29) is 11.1 Å². The van der Waals surface area contributed by atoms with E-state index in [4.69, 9.17) is 11.6 Å². The number of aromatic nitrogens is 1. The summed E-state index contributed by atoms with van der Waals surface area (Å²) in [6.07, 6.45) is 1.46. The average Bonchev–Trinajstić information content (AvgIpc) is 2.48. The summed E-state index contributed by atoms with van der Waals surface area (Å²) in [6.45, 7) is 1.79. The molecule has 0 unspecified atom stereocenters. The van der Waals surface area contributed by atoms with Crippen LogP contribution in [0.25, 0.3) is 0 Å². The van der Waals surface area contributed by atoms with Gasteiger partial charge in [0.2, 0.25) is 0 Å². The first-order valence-corrected chi connectivity index (χ1v) is 6.51. The van der Waals surface area contributed by atoms with Crippen molar-refractivity contribution in [1.29, 1.82) is 0 Å². The summed E-state index contributed by atoms with van der Waals surface area (Å²) in [5.74, 6) is -0.717. The van der Waals surface area contributed by atoms with Crippen LogP contribution in [0.4, 0.5) is 5.69 Å². The van der Waals surface area contributed by atoms with E-state index in [0.29, 0.717) is 16.8 Å². The smallest absolute Gasteiger partial charge is 0.337 e. The Kier molecular flexibility index (Phi) is 4.55. The number of carbonyl (C=O) groups excluding carboxylic acids is 2. The molecule has 1 aromatic carbocycles. The molecule has 0 fully saturated rings. The number of carbonyl (C=O) groups is 2. The molecule has 0 atom stereocenters. The molecule has 6 heteroatoms. The molecule has 1 heterocycles. The minimum Gasteiger partial charge on any atom is -0.465 e. The SMILES string of the molecule is COC(=O)c1ccc(NC(=O)c2ccnc(Cl)c2)c(C)c1. The van der Waals surface area contributed by atoms with Gasteiger partial charge in [0.1, 0.15) is 5.15 Å². The van der Waals surface area contributed by atoms with Crippen LogP contribution in [-0.2, 0) is 4.74 Å². The number of benzene rings is 1. The number of methoxy groups -OCH3 is 1. The molecule has 0 aliphatic rings. The van der Waals surface area contributed by atoms with Crippen LogP contribution in [0.1, 0.15) is 26.3 Å². The predicted octanol–water partition coefficient (Wildman–Crippen LogP) is 3.08. The Hall–Kier alpha value is -2.40. The van der Waals surface area contributed by atoms with Crippen LogP contribution in [0, 0.1) is 6.92 Å². The number of anilines is 1. The monoisotopic (exact) mass is 304 g/mol. The molecule has 108 valence electrons. The summed E-state index contributed by atoms with van der Waals surface area (Å²) in [6, 6.07) is 7.95. The van der Waals surface area contributed by atoms with Crippen LogP contribution in [-0.4, -0.2) is 24.0 Å². The van der Waals surface area contributed by atoms with Gasteiger partial charge in [0.05, 0.1) is 12.7 Å². The number of nitrogens with zero attached hydrogens (tertiary/aromatic N) is 1. The Balaban J connectivity index is 2.20. The molecule has 0 radical (unpaired) electrons. The lowest BCUT2D eigenvalue weighted by atomic mass is 10.1.